The van der Waals surface area contributed by atoms with Crippen LogP contribution in [-0.2, 0) is 6.54 Å². The number of aromatic nitrogens is 4. The number of hydrogen-bond acceptors (Lipinski definition) is 4. The Balaban J connectivity index is 2.44. The highest BCUT2D eigenvalue weighted by atomic mass is 79.9. The van der Waals surface area contributed by atoms with Crippen molar-refractivity contribution in [3.8, 4) is 0 Å². The highest BCUT2D eigenvalue weighted by Crippen LogP contribution is 2.27. The lowest BCUT2D eigenvalue weighted by Gasteiger charge is -2.19. The van der Waals surface area contributed by atoms with Gasteiger partial charge in [0.1, 0.15) is 0 Å². The highest BCUT2D eigenvalue weighted by molar-refractivity contribution is 9.10. The quantitative estimate of drug-likeness (QED) is 0.918. The van der Waals surface area contributed by atoms with Gasteiger partial charge in [-0.05, 0) is 36.3 Å². The highest BCUT2D eigenvalue weighted by Gasteiger charge is 2.22. The van der Waals surface area contributed by atoms with E-state index in [1.165, 1.54) is 0 Å². The molecule has 0 aromatic carbocycles. The molecule has 2 heterocycles. The van der Waals surface area contributed by atoms with Gasteiger partial charge in [-0.3, -0.25) is 14.6 Å². The van der Waals surface area contributed by atoms with Crippen LogP contribution in [0, 0.1) is 6.92 Å². The smallest absolute Gasteiger partial charge is 0.0949 e. The lowest BCUT2D eigenvalue weighted by molar-refractivity contribution is 0.531. The first-order valence-corrected chi connectivity index (χ1v) is 7.19. The van der Waals surface area contributed by atoms with Crippen LogP contribution in [0.25, 0.3) is 0 Å². The summed E-state index contributed by atoms with van der Waals surface area (Å²) >= 11 is 3.57. The van der Waals surface area contributed by atoms with Crippen LogP contribution in [-0.4, -0.2) is 26.3 Å². The van der Waals surface area contributed by atoms with E-state index in [0.29, 0.717) is 0 Å². The van der Waals surface area contributed by atoms with E-state index in [9.17, 15) is 0 Å². The van der Waals surface area contributed by atoms with Crippen molar-refractivity contribution < 1.29 is 0 Å². The van der Waals surface area contributed by atoms with Crippen molar-refractivity contribution in [2.45, 2.75) is 33.4 Å². The molecule has 1 atom stereocenters. The van der Waals surface area contributed by atoms with Crippen molar-refractivity contribution in [3.63, 3.8) is 0 Å². The minimum Gasteiger partial charge on any atom is -0.304 e. The largest absolute Gasteiger partial charge is 0.304 e. The first kappa shape index (κ1) is 14.1. The Labute approximate surface area is 121 Å². The third-order valence-corrected chi connectivity index (χ3v) is 3.52. The fourth-order valence-electron chi connectivity index (χ4n) is 2.01. The summed E-state index contributed by atoms with van der Waals surface area (Å²) in [7, 11) is 0. The monoisotopic (exact) mass is 323 g/mol. The maximum Gasteiger partial charge on any atom is 0.0949 e. The maximum atomic E-state index is 4.48. The van der Waals surface area contributed by atoms with Crippen molar-refractivity contribution >= 4 is 15.9 Å². The van der Waals surface area contributed by atoms with E-state index in [1.54, 1.807) is 6.20 Å². The van der Waals surface area contributed by atoms with E-state index in [2.05, 4.69) is 50.2 Å². The standard InChI is InChI=1S/C13H18BrN5/c1-4-15-12(11-8-16-9(3)6-17-11)13-10(14)7-18-19(13)5-2/h6-8,12,15H,4-5H2,1-3H3. The summed E-state index contributed by atoms with van der Waals surface area (Å²) in [4.78, 5) is 8.81. The van der Waals surface area contributed by atoms with Gasteiger partial charge >= 0.3 is 0 Å². The summed E-state index contributed by atoms with van der Waals surface area (Å²) in [5.41, 5.74) is 2.91. The van der Waals surface area contributed by atoms with Crippen LogP contribution < -0.4 is 5.32 Å². The molecule has 0 aliphatic carbocycles. The van der Waals surface area contributed by atoms with Gasteiger partial charge in [-0.1, -0.05) is 6.92 Å². The molecule has 0 aliphatic heterocycles. The van der Waals surface area contributed by atoms with E-state index in [0.717, 1.165) is 34.6 Å². The second-order valence-corrected chi connectivity index (χ2v) is 5.12. The molecule has 0 amide bonds. The molecule has 19 heavy (non-hydrogen) atoms. The van der Waals surface area contributed by atoms with E-state index in [4.69, 9.17) is 0 Å². The van der Waals surface area contributed by atoms with E-state index in [1.807, 2.05) is 24.0 Å². The molecule has 0 saturated carbocycles. The molecule has 2 rings (SSSR count). The number of nitrogens with one attached hydrogen (secondary N) is 1. The molecule has 2 aromatic rings. The van der Waals surface area contributed by atoms with Crippen LogP contribution in [0.5, 0.6) is 0 Å². The zero-order chi connectivity index (χ0) is 13.8. The fourth-order valence-corrected chi connectivity index (χ4v) is 2.53. The number of rotatable bonds is 5. The fraction of sp³-hybridized carbons (Fsp3) is 0.462. The third-order valence-electron chi connectivity index (χ3n) is 2.91. The summed E-state index contributed by atoms with van der Waals surface area (Å²) in [6.07, 6.45) is 5.44. The molecule has 2 aromatic heterocycles. The topological polar surface area (TPSA) is 55.6 Å². The second-order valence-electron chi connectivity index (χ2n) is 4.27. The van der Waals surface area contributed by atoms with E-state index in [-0.39, 0.29) is 6.04 Å². The Kier molecular flexibility index (Phi) is 4.66. The second kappa shape index (κ2) is 6.25. The molecule has 0 fully saturated rings. The van der Waals surface area contributed by atoms with Gasteiger partial charge in [0.25, 0.3) is 0 Å². The molecule has 102 valence electrons. The van der Waals surface area contributed by atoms with Gasteiger partial charge in [-0.25, -0.2) is 0 Å². The Hall–Kier alpha value is -1.27. The molecular formula is C13H18BrN5. The van der Waals surface area contributed by atoms with E-state index < -0.39 is 0 Å². The molecular weight excluding hydrogens is 306 g/mol. The van der Waals surface area contributed by atoms with Crippen LogP contribution in [0.2, 0.25) is 0 Å². The number of hydrogen-bond donors (Lipinski definition) is 1. The predicted molar refractivity (Wildman–Crippen MR) is 77.9 cm³/mol. The maximum absolute atomic E-state index is 4.48. The zero-order valence-corrected chi connectivity index (χ0v) is 13.0. The van der Waals surface area contributed by atoms with Crippen LogP contribution in [0.4, 0.5) is 0 Å². The Morgan fingerprint density at radius 1 is 1.26 bits per heavy atom. The van der Waals surface area contributed by atoms with Crippen LogP contribution in [0.3, 0.4) is 0 Å². The van der Waals surface area contributed by atoms with Crippen molar-refractivity contribution in [3.05, 3.63) is 40.1 Å². The minimum atomic E-state index is -0.00470. The Bertz CT molecular complexity index is 534. The molecule has 0 radical (unpaired) electrons. The SMILES string of the molecule is CCNC(c1cnc(C)cn1)c1c(Br)cnn1CC. The van der Waals surface area contributed by atoms with Crippen molar-refractivity contribution in [1.82, 2.24) is 25.1 Å². The lowest BCUT2D eigenvalue weighted by atomic mass is 10.1. The molecule has 0 aliphatic rings. The van der Waals surface area contributed by atoms with Gasteiger partial charge < -0.3 is 5.32 Å². The molecule has 0 bridgehead atoms. The number of nitrogens with zero attached hydrogens (tertiary/aromatic N) is 4. The van der Waals surface area contributed by atoms with Gasteiger partial charge in [0, 0.05) is 12.7 Å². The van der Waals surface area contributed by atoms with Crippen LogP contribution >= 0.6 is 15.9 Å². The summed E-state index contributed by atoms with van der Waals surface area (Å²) in [6.45, 7) is 7.76. The summed E-state index contributed by atoms with van der Waals surface area (Å²) in [5.74, 6) is 0. The molecule has 0 saturated heterocycles. The van der Waals surface area contributed by atoms with Crippen LogP contribution in [0.15, 0.2) is 23.1 Å². The molecule has 6 heteroatoms. The van der Waals surface area contributed by atoms with Crippen molar-refractivity contribution in [1.29, 1.82) is 0 Å². The predicted octanol–water partition coefficient (Wildman–Crippen LogP) is 2.46. The first-order valence-electron chi connectivity index (χ1n) is 6.40. The number of halogens is 1. The normalized spacial score (nSPS) is 12.6. The van der Waals surface area contributed by atoms with Gasteiger partial charge in [-0.2, -0.15) is 5.10 Å². The first-order chi connectivity index (χ1) is 9.17. The zero-order valence-electron chi connectivity index (χ0n) is 11.4. The van der Waals surface area contributed by atoms with Gasteiger partial charge in [0.2, 0.25) is 0 Å². The molecule has 1 N–H and O–H groups in total. The molecule has 1 unspecified atom stereocenters. The van der Waals surface area contributed by atoms with Gasteiger partial charge in [0.15, 0.2) is 0 Å². The third kappa shape index (κ3) is 3.01. The Morgan fingerprint density at radius 2 is 2.05 bits per heavy atom. The van der Waals surface area contributed by atoms with Crippen LogP contribution in [0.1, 0.15) is 37.0 Å². The van der Waals surface area contributed by atoms with E-state index >= 15 is 0 Å². The van der Waals surface area contributed by atoms with Gasteiger partial charge in [0.05, 0.1) is 40.0 Å². The number of aryl methyl sites for hydroxylation is 2. The minimum absolute atomic E-state index is 0.00470. The summed E-state index contributed by atoms with van der Waals surface area (Å²) in [6, 6.07) is -0.00470. The summed E-state index contributed by atoms with van der Waals surface area (Å²) < 4.78 is 2.96. The molecule has 0 spiro atoms. The average Bonchev–Trinajstić information content (AvgIpc) is 2.78. The van der Waals surface area contributed by atoms with Crippen molar-refractivity contribution in [2.75, 3.05) is 6.54 Å². The average molecular weight is 324 g/mol. The van der Waals surface area contributed by atoms with Crippen molar-refractivity contribution in [2.24, 2.45) is 0 Å². The lowest BCUT2D eigenvalue weighted by Crippen LogP contribution is -2.26. The Morgan fingerprint density at radius 3 is 2.63 bits per heavy atom. The van der Waals surface area contributed by atoms with Gasteiger partial charge in [-0.15, -0.1) is 0 Å². The molecule has 5 nitrogen and oxygen atoms in total. The summed E-state index contributed by atoms with van der Waals surface area (Å²) in [5, 5.41) is 7.81.